The molecule has 0 radical (unpaired) electrons. The van der Waals surface area contributed by atoms with Gasteiger partial charge in [-0.05, 0) is 26.7 Å². The van der Waals surface area contributed by atoms with Gasteiger partial charge in [0.05, 0.1) is 10.7 Å². The molecule has 0 aliphatic heterocycles. The lowest BCUT2D eigenvalue weighted by Crippen LogP contribution is -2.34. The largest absolute Gasteiger partial charge is 0.325 e. The van der Waals surface area contributed by atoms with Crippen molar-refractivity contribution < 1.29 is 0 Å². The van der Waals surface area contributed by atoms with Crippen LogP contribution < -0.4 is 5.73 Å². The fraction of sp³-hybridized carbons (Fsp3) is 0.700. The number of nitrogens with zero attached hydrogens (tertiary/aromatic N) is 1. The van der Waals surface area contributed by atoms with Crippen molar-refractivity contribution in [1.29, 1.82) is 0 Å². The summed E-state index contributed by atoms with van der Waals surface area (Å²) in [4.78, 5) is 4.60. The summed E-state index contributed by atoms with van der Waals surface area (Å²) in [7, 11) is 0. The minimum atomic E-state index is -0.130. The van der Waals surface area contributed by atoms with Gasteiger partial charge in [-0.15, -0.1) is 11.3 Å². The maximum absolute atomic E-state index is 5.93. The van der Waals surface area contributed by atoms with Gasteiger partial charge in [0.15, 0.2) is 0 Å². The molecular formula is C10H16N2S. The van der Waals surface area contributed by atoms with Crippen LogP contribution in [-0.2, 0) is 6.42 Å². The molecule has 1 aliphatic rings. The van der Waals surface area contributed by atoms with Crippen molar-refractivity contribution in [1.82, 2.24) is 4.98 Å². The Bertz CT molecular complexity index is 294. The fourth-order valence-electron chi connectivity index (χ4n) is 1.39. The molecule has 0 unspecified atom stereocenters. The summed E-state index contributed by atoms with van der Waals surface area (Å²) in [6.45, 7) is 4.09. The number of thiazole rings is 1. The summed E-state index contributed by atoms with van der Waals surface area (Å²) in [5.41, 5.74) is 6.97. The molecule has 2 nitrogen and oxygen atoms in total. The number of hydrogen-bond donors (Lipinski definition) is 1. The predicted molar refractivity (Wildman–Crippen MR) is 56.1 cm³/mol. The van der Waals surface area contributed by atoms with E-state index >= 15 is 0 Å². The van der Waals surface area contributed by atoms with Gasteiger partial charge >= 0.3 is 0 Å². The van der Waals surface area contributed by atoms with Crippen LogP contribution in [0.5, 0.6) is 0 Å². The average molecular weight is 196 g/mol. The van der Waals surface area contributed by atoms with Crippen LogP contribution in [0.25, 0.3) is 0 Å². The molecule has 3 heteroatoms. The second-order valence-corrected chi connectivity index (χ2v) is 5.51. The van der Waals surface area contributed by atoms with Crippen LogP contribution in [0.2, 0.25) is 0 Å². The zero-order valence-corrected chi connectivity index (χ0v) is 9.03. The lowest BCUT2D eigenvalue weighted by molar-refractivity contribution is 0.511. The van der Waals surface area contributed by atoms with Crippen molar-refractivity contribution in [2.45, 2.75) is 44.6 Å². The van der Waals surface area contributed by atoms with E-state index in [0.29, 0.717) is 0 Å². The first-order valence-corrected chi connectivity index (χ1v) is 5.66. The van der Waals surface area contributed by atoms with E-state index in [4.69, 9.17) is 5.73 Å². The smallest absolute Gasteiger partial charge is 0.0959 e. The minimum absolute atomic E-state index is 0.130. The minimum Gasteiger partial charge on any atom is -0.325 e. The Hall–Kier alpha value is -0.410. The van der Waals surface area contributed by atoms with Gasteiger partial charge in [-0.3, -0.25) is 0 Å². The molecule has 0 saturated heterocycles. The predicted octanol–water partition coefficient (Wildman–Crippen LogP) is 2.30. The SMILES string of the molecule is CC(C)(N)Cc1csc(C2CC2)n1. The Balaban J connectivity index is 2.04. The summed E-state index contributed by atoms with van der Waals surface area (Å²) >= 11 is 1.79. The summed E-state index contributed by atoms with van der Waals surface area (Å²) < 4.78 is 0. The van der Waals surface area contributed by atoms with Crippen molar-refractivity contribution in [2.75, 3.05) is 0 Å². The molecule has 1 aromatic rings. The van der Waals surface area contributed by atoms with E-state index in [1.807, 2.05) is 13.8 Å². The number of hydrogen-bond acceptors (Lipinski definition) is 3. The Labute approximate surface area is 83.2 Å². The summed E-state index contributed by atoms with van der Waals surface area (Å²) in [6, 6.07) is 0. The lowest BCUT2D eigenvalue weighted by Gasteiger charge is -2.15. The summed E-state index contributed by atoms with van der Waals surface area (Å²) in [5, 5.41) is 3.47. The average Bonchev–Trinajstić information content (AvgIpc) is 2.72. The normalized spacial score (nSPS) is 17.8. The first kappa shape index (κ1) is 9.16. The van der Waals surface area contributed by atoms with E-state index in [0.717, 1.165) is 12.3 Å². The topological polar surface area (TPSA) is 38.9 Å². The second kappa shape index (κ2) is 3.07. The molecule has 0 aromatic carbocycles. The van der Waals surface area contributed by atoms with Crippen LogP contribution in [0.1, 0.15) is 43.3 Å². The van der Waals surface area contributed by atoms with E-state index in [9.17, 15) is 0 Å². The highest BCUT2D eigenvalue weighted by atomic mass is 32.1. The third kappa shape index (κ3) is 2.51. The van der Waals surface area contributed by atoms with Gasteiger partial charge in [-0.1, -0.05) is 0 Å². The van der Waals surface area contributed by atoms with Crippen LogP contribution in [0.4, 0.5) is 0 Å². The molecule has 0 bridgehead atoms. The van der Waals surface area contributed by atoms with E-state index in [-0.39, 0.29) is 5.54 Å². The molecule has 2 rings (SSSR count). The van der Waals surface area contributed by atoms with E-state index in [1.165, 1.54) is 23.5 Å². The molecule has 1 saturated carbocycles. The molecule has 0 amide bonds. The van der Waals surface area contributed by atoms with Crippen molar-refractivity contribution in [2.24, 2.45) is 5.73 Å². The second-order valence-electron chi connectivity index (χ2n) is 4.62. The molecule has 72 valence electrons. The fourth-order valence-corrected chi connectivity index (χ4v) is 2.38. The van der Waals surface area contributed by atoms with Gasteiger partial charge in [0, 0.05) is 23.3 Å². The zero-order chi connectivity index (χ0) is 9.47. The molecule has 1 aromatic heterocycles. The highest BCUT2D eigenvalue weighted by Crippen LogP contribution is 2.41. The Morgan fingerprint density at radius 3 is 2.85 bits per heavy atom. The van der Waals surface area contributed by atoms with Gasteiger partial charge < -0.3 is 5.73 Å². The van der Waals surface area contributed by atoms with E-state index in [1.54, 1.807) is 11.3 Å². The first-order chi connectivity index (χ1) is 6.04. The van der Waals surface area contributed by atoms with Gasteiger partial charge in [0.2, 0.25) is 0 Å². The number of rotatable bonds is 3. The van der Waals surface area contributed by atoms with E-state index in [2.05, 4.69) is 10.4 Å². The van der Waals surface area contributed by atoms with Crippen molar-refractivity contribution in [3.8, 4) is 0 Å². The molecule has 1 heterocycles. The van der Waals surface area contributed by atoms with Gasteiger partial charge in [-0.25, -0.2) is 4.98 Å². The maximum atomic E-state index is 5.93. The monoisotopic (exact) mass is 196 g/mol. The van der Waals surface area contributed by atoms with Crippen molar-refractivity contribution >= 4 is 11.3 Å². The summed E-state index contributed by atoms with van der Waals surface area (Å²) in [6.07, 6.45) is 3.55. The van der Waals surface area contributed by atoms with Crippen molar-refractivity contribution in [3.63, 3.8) is 0 Å². The molecule has 0 spiro atoms. The van der Waals surface area contributed by atoms with Crippen molar-refractivity contribution in [3.05, 3.63) is 16.1 Å². The highest BCUT2D eigenvalue weighted by molar-refractivity contribution is 7.09. The molecular weight excluding hydrogens is 180 g/mol. The maximum Gasteiger partial charge on any atom is 0.0959 e. The quantitative estimate of drug-likeness (QED) is 0.805. The van der Waals surface area contributed by atoms with Crippen LogP contribution in [0.15, 0.2) is 5.38 Å². The molecule has 1 fully saturated rings. The molecule has 2 N–H and O–H groups in total. The van der Waals surface area contributed by atoms with Crippen LogP contribution >= 0.6 is 11.3 Å². The number of nitrogens with two attached hydrogens (primary N) is 1. The van der Waals surface area contributed by atoms with Crippen LogP contribution in [0, 0.1) is 0 Å². The molecule has 13 heavy (non-hydrogen) atoms. The lowest BCUT2D eigenvalue weighted by atomic mass is 10.0. The Kier molecular flexibility index (Phi) is 2.16. The first-order valence-electron chi connectivity index (χ1n) is 4.78. The highest BCUT2D eigenvalue weighted by Gasteiger charge is 2.27. The van der Waals surface area contributed by atoms with Gasteiger partial charge in [0.25, 0.3) is 0 Å². The van der Waals surface area contributed by atoms with Gasteiger partial charge in [0.1, 0.15) is 0 Å². The third-order valence-electron chi connectivity index (χ3n) is 2.13. The standard InChI is InChI=1S/C10H16N2S/c1-10(2,11)5-8-6-13-9(12-8)7-3-4-7/h6-7H,3-5,11H2,1-2H3. The molecule has 0 atom stereocenters. The Morgan fingerprint density at radius 1 is 1.62 bits per heavy atom. The molecule has 1 aliphatic carbocycles. The third-order valence-corrected chi connectivity index (χ3v) is 3.19. The van der Waals surface area contributed by atoms with Crippen LogP contribution in [0.3, 0.4) is 0 Å². The van der Waals surface area contributed by atoms with Crippen LogP contribution in [-0.4, -0.2) is 10.5 Å². The summed E-state index contributed by atoms with van der Waals surface area (Å²) in [5.74, 6) is 0.777. The van der Waals surface area contributed by atoms with E-state index < -0.39 is 0 Å². The zero-order valence-electron chi connectivity index (χ0n) is 8.21. The number of aromatic nitrogens is 1. The Morgan fingerprint density at radius 2 is 2.31 bits per heavy atom. The van der Waals surface area contributed by atoms with Gasteiger partial charge in [-0.2, -0.15) is 0 Å².